The summed E-state index contributed by atoms with van der Waals surface area (Å²) in [4.78, 5) is 12.7. The molecule has 0 radical (unpaired) electrons. The zero-order chi connectivity index (χ0) is 23.8. The zero-order valence-electron chi connectivity index (χ0n) is 18.5. The highest BCUT2D eigenvalue weighted by Crippen LogP contribution is 2.30. The van der Waals surface area contributed by atoms with Crippen molar-refractivity contribution in [3.63, 3.8) is 0 Å². The number of rotatable bonds is 9. The van der Waals surface area contributed by atoms with E-state index in [1.165, 1.54) is 12.1 Å². The topological polar surface area (TPSA) is 50.4 Å². The lowest BCUT2D eigenvalue weighted by Crippen LogP contribution is -2.38. The second-order valence-corrected chi connectivity index (χ2v) is 7.69. The van der Waals surface area contributed by atoms with Gasteiger partial charge in [-0.15, -0.1) is 0 Å². The lowest BCUT2D eigenvalue weighted by molar-refractivity contribution is -0.137. The number of nitrogens with one attached hydrogen (secondary N) is 2. The molecule has 1 amide bonds. The van der Waals surface area contributed by atoms with E-state index in [4.69, 9.17) is 4.74 Å². The fourth-order valence-corrected chi connectivity index (χ4v) is 3.69. The number of ether oxygens (including phenoxy) is 1. The van der Waals surface area contributed by atoms with Crippen molar-refractivity contribution >= 4 is 5.91 Å². The highest BCUT2D eigenvalue weighted by molar-refractivity contribution is 5.83. The third kappa shape index (κ3) is 6.58. The second kappa shape index (κ2) is 11.0. The molecule has 33 heavy (non-hydrogen) atoms. The van der Waals surface area contributed by atoms with Gasteiger partial charge in [-0.3, -0.25) is 10.1 Å². The summed E-state index contributed by atoms with van der Waals surface area (Å²) in [7, 11) is 3.17. The van der Waals surface area contributed by atoms with E-state index in [1.54, 1.807) is 14.2 Å². The summed E-state index contributed by atoms with van der Waals surface area (Å²) in [6, 6.07) is 21.3. The van der Waals surface area contributed by atoms with Gasteiger partial charge < -0.3 is 10.1 Å². The first-order chi connectivity index (χ1) is 15.8. The molecule has 0 aliphatic heterocycles. The van der Waals surface area contributed by atoms with Gasteiger partial charge in [0, 0.05) is 13.1 Å². The largest absolute Gasteiger partial charge is 0.497 e. The number of benzene rings is 3. The van der Waals surface area contributed by atoms with Gasteiger partial charge in [0.05, 0.1) is 12.7 Å². The Hall–Kier alpha value is -3.32. The average molecular weight is 457 g/mol. The van der Waals surface area contributed by atoms with E-state index in [0.29, 0.717) is 18.6 Å². The molecular formula is C26H27F3N2O2. The van der Waals surface area contributed by atoms with Crippen molar-refractivity contribution in [2.75, 3.05) is 14.2 Å². The predicted molar refractivity (Wildman–Crippen MR) is 122 cm³/mol. The minimum absolute atomic E-state index is 0.177. The van der Waals surface area contributed by atoms with E-state index in [2.05, 4.69) is 10.6 Å². The molecule has 2 atom stereocenters. The Bertz CT molecular complexity index is 1040. The first-order valence-corrected chi connectivity index (χ1v) is 10.6. The summed E-state index contributed by atoms with van der Waals surface area (Å²) in [6.45, 7) is 0. The fourth-order valence-electron chi connectivity index (χ4n) is 3.69. The van der Waals surface area contributed by atoms with Crippen LogP contribution in [0.3, 0.4) is 0 Å². The Morgan fingerprint density at radius 1 is 0.939 bits per heavy atom. The molecule has 3 aromatic rings. The number of amides is 1. The molecule has 0 heterocycles. The van der Waals surface area contributed by atoms with Crippen molar-refractivity contribution in [1.82, 2.24) is 10.6 Å². The Morgan fingerprint density at radius 3 is 2.21 bits per heavy atom. The maximum Gasteiger partial charge on any atom is 0.416 e. The number of carbonyl (C=O) groups is 1. The third-order valence-corrected chi connectivity index (χ3v) is 5.51. The summed E-state index contributed by atoms with van der Waals surface area (Å²) in [6.07, 6.45) is -3.26. The van der Waals surface area contributed by atoms with Gasteiger partial charge in [0.25, 0.3) is 0 Å². The molecule has 0 aromatic heterocycles. The summed E-state index contributed by atoms with van der Waals surface area (Å²) in [5.41, 5.74) is 1.86. The fraction of sp³-hybridized carbons (Fsp3) is 0.269. The van der Waals surface area contributed by atoms with Gasteiger partial charge in [-0.2, -0.15) is 13.2 Å². The molecule has 3 aromatic carbocycles. The van der Waals surface area contributed by atoms with Crippen LogP contribution in [-0.4, -0.2) is 20.1 Å². The summed E-state index contributed by atoms with van der Waals surface area (Å²) in [5.74, 6) is 0.508. The lowest BCUT2D eigenvalue weighted by Gasteiger charge is -2.26. The first kappa shape index (κ1) is 24.3. The van der Waals surface area contributed by atoms with E-state index in [-0.39, 0.29) is 11.9 Å². The van der Waals surface area contributed by atoms with Crippen LogP contribution < -0.4 is 15.4 Å². The zero-order valence-corrected chi connectivity index (χ0v) is 18.5. The van der Waals surface area contributed by atoms with Crippen molar-refractivity contribution in [2.45, 2.75) is 31.1 Å². The van der Waals surface area contributed by atoms with Crippen LogP contribution in [0.1, 0.15) is 40.8 Å². The lowest BCUT2D eigenvalue weighted by atomic mass is 9.96. The maximum atomic E-state index is 12.9. The second-order valence-electron chi connectivity index (χ2n) is 7.69. The van der Waals surface area contributed by atoms with Gasteiger partial charge in [0.1, 0.15) is 11.8 Å². The van der Waals surface area contributed by atoms with Crippen LogP contribution in [0.25, 0.3) is 0 Å². The normalized spacial score (nSPS) is 13.2. The van der Waals surface area contributed by atoms with E-state index in [9.17, 15) is 18.0 Å². The SMILES string of the molecule is CNC(=O)C(N[C@@H](CCc1ccc(C(F)(F)F)cc1)c1cccc(OC)c1)c1ccccc1. The predicted octanol–water partition coefficient (Wildman–Crippen LogP) is 5.46. The van der Waals surface area contributed by atoms with Crippen LogP contribution in [-0.2, 0) is 17.4 Å². The number of methoxy groups -OCH3 is 1. The molecule has 174 valence electrons. The van der Waals surface area contributed by atoms with Gasteiger partial charge in [-0.25, -0.2) is 0 Å². The van der Waals surface area contributed by atoms with Crippen molar-refractivity contribution in [3.8, 4) is 5.75 Å². The van der Waals surface area contributed by atoms with Crippen LogP contribution >= 0.6 is 0 Å². The molecule has 0 saturated heterocycles. The van der Waals surface area contributed by atoms with Crippen LogP contribution in [0, 0.1) is 0 Å². The number of halogens is 3. The van der Waals surface area contributed by atoms with Gasteiger partial charge in [0.15, 0.2) is 0 Å². The highest BCUT2D eigenvalue weighted by atomic mass is 19.4. The van der Waals surface area contributed by atoms with Crippen molar-refractivity contribution in [1.29, 1.82) is 0 Å². The molecule has 4 nitrogen and oxygen atoms in total. The van der Waals surface area contributed by atoms with Crippen LogP contribution in [0.5, 0.6) is 5.75 Å². The van der Waals surface area contributed by atoms with E-state index in [0.717, 1.165) is 28.8 Å². The minimum Gasteiger partial charge on any atom is -0.497 e. The molecule has 0 bridgehead atoms. The summed E-state index contributed by atoms with van der Waals surface area (Å²) in [5, 5.41) is 6.15. The Balaban J connectivity index is 1.86. The standard InChI is InChI=1S/C26H27F3N2O2/c1-30-25(32)24(19-7-4-3-5-8-19)31-23(20-9-6-10-22(17-20)33-2)16-13-18-11-14-21(15-12-18)26(27,28)29/h3-12,14-15,17,23-24,31H,13,16H2,1-2H3,(H,30,32)/t23-,24?/m0/s1. The van der Waals surface area contributed by atoms with Crippen LogP contribution in [0.2, 0.25) is 0 Å². The van der Waals surface area contributed by atoms with Gasteiger partial charge in [-0.05, 0) is 53.8 Å². The molecule has 2 N–H and O–H groups in total. The maximum absolute atomic E-state index is 12.9. The molecule has 0 saturated carbocycles. The Morgan fingerprint density at radius 2 is 1.61 bits per heavy atom. The number of likely N-dealkylation sites (N-methyl/N-ethyl adjacent to an activating group) is 1. The Labute approximate surface area is 191 Å². The Kier molecular flexibility index (Phi) is 8.11. The van der Waals surface area contributed by atoms with Crippen LogP contribution in [0.15, 0.2) is 78.9 Å². The summed E-state index contributed by atoms with van der Waals surface area (Å²) >= 11 is 0. The minimum atomic E-state index is -4.36. The van der Waals surface area contributed by atoms with E-state index in [1.807, 2.05) is 54.6 Å². The quantitative estimate of drug-likeness (QED) is 0.449. The number of hydrogen-bond acceptors (Lipinski definition) is 3. The number of carbonyl (C=O) groups excluding carboxylic acids is 1. The van der Waals surface area contributed by atoms with E-state index >= 15 is 0 Å². The van der Waals surface area contributed by atoms with Gasteiger partial charge in [0.2, 0.25) is 5.91 Å². The molecule has 0 aliphatic rings. The molecule has 3 rings (SSSR count). The smallest absolute Gasteiger partial charge is 0.416 e. The van der Waals surface area contributed by atoms with Crippen molar-refractivity contribution in [2.24, 2.45) is 0 Å². The van der Waals surface area contributed by atoms with Crippen molar-refractivity contribution < 1.29 is 22.7 Å². The molecular weight excluding hydrogens is 429 g/mol. The number of aryl methyl sites for hydroxylation is 1. The number of alkyl halides is 3. The monoisotopic (exact) mass is 456 g/mol. The van der Waals surface area contributed by atoms with Crippen LogP contribution in [0.4, 0.5) is 13.2 Å². The summed E-state index contributed by atoms with van der Waals surface area (Å²) < 4.78 is 44.0. The molecule has 1 unspecified atom stereocenters. The van der Waals surface area contributed by atoms with E-state index < -0.39 is 17.8 Å². The third-order valence-electron chi connectivity index (χ3n) is 5.51. The van der Waals surface area contributed by atoms with Crippen molar-refractivity contribution in [3.05, 3.63) is 101 Å². The molecule has 0 spiro atoms. The molecule has 0 aliphatic carbocycles. The first-order valence-electron chi connectivity index (χ1n) is 10.6. The molecule has 7 heteroatoms. The van der Waals surface area contributed by atoms with Gasteiger partial charge >= 0.3 is 6.18 Å². The highest BCUT2D eigenvalue weighted by Gasteiger charge is 2.30. The number of hydrogen-bond donors (Lipinski definition) is 2. The average Bonchev–Trinajstić information content (AvgIpc) is 2.84. The van der Waals surface area contributed by atoms with Gasteiger partial charge in [-0.1, -0.05) is 54.6 Å². The molecule has 0 fully saturated rings.